The first-order valence-corrected chi connectivity index (χ1v) is 7.40. The van der Waals surface area contributed by atoms with Crippen LogP contribution in [0.15, 0.2) is 24.3 Å². The van der Waals surface area contributed by atoms with Crippen LogP contribution in [-0.4, -0.2) is 22.3 Å². The quantitative estimate of drug-likeness (QED) is 0.414. The van der Waals surface area contributed by atoms with Crippen LogP contribution in [0, 0.1) is 0 Å². The standard InChI is InChI=1S/C16H28O3/c1-2-3-4-5-6-7-8-9-10-11-12-13-15(17)14-16(18)19/h10-13,15,17H,2-9,14H2,1H3,(H,18,19)/b11-10-,13-12+. The molecule has 0 aromatic heterocycles. The van der Waals surface area contributed by atoms with E-state index in [0.717, 1.165) is 6.42 Å². The molecule has 0 aromatic carbocycles. The number of carbonyl (C=O) groups is 1. The number of aliphatic carboxylic acids is 1. The van der Waals surface area contributed by atoms with Crippen LogP contribution in [-0.2, 0) is 4.79 Å². The summed E-state index contributed by atoms with van der Waals surface area (Å²) in [7, 11) is 0. The van der Waals surface area contributed by atoms with Gasteiger partial charge < -0.3 is 10.2 Å². The van der Waals surface area contributed by atoms with Crippen molar-refractivity contribution in [3.63, 3.8) is 0 Å². The number of carboxylic acid groups (broad SMARTS) is 1. The predicted molar refractivity (Wildman–Crippen MR) is 79.1 cm³/mol. The first-order chi connectivity index (χ1) is 9.16. The minimum atomic E-state index is -0.982. The minimum absolute atomic E-state index is 0.234. The Morgan fingerprint density at radius 1 is 1.05 bits per heavy atom. The Bertz CT molecular complexity index is 269. The van der Waals surface area contributed by atoms with E-state index in [-0.39, 0.29) is 6.42 Å². The Labute approximate surface area is 117 Å². The van der Waals surface area contributed by atoms with Gasteiger partial charge in [0, 0.05) is 0 Å². The lowest BCUT2D eigenvalue weighted by Crippen LogP contribution is -2.09. The summed E-state index contributed by atoms with van der Waals surface area (Å²) in [6.07, 6.45) is 16.2. The molecule has 0 fully saturated rings. The summed E-state index contributed by atoms with van der Waals surface area (Å²) in [6.45, 7) is 2.23. The van der Waals surface area contributed by atoms with Gasteiger partial charge in [-0.25, -0.2) is 0 Å². The van der Waals surface area contributed by atoms with E-state index in [2.05, 4.69) is 13.0 Å². The average Bonchev–Trinajstić information content (AvgIpc) is 2.35. The van der Waals surface area contributed by atoms with Gasteiger partial charge in [0.25, 0.3) is 0 Å². The normalized spacial score (nSPS) is 13.4. The molecular formula is C16H28O3. The molecule has 0 radical (unpaired) electrons. The Morgan fingerprint density at radius 2 is 1.68 bits per heavy atom. The molecule has 2 N–H and O–H groups in total. The van der Waals surface area contributed by atoms with Crippen LogP contribution in [0.1, 0.15) is 64.7 Å². The lowest BCUT2D eigenvalue weighted by molar-refractivity contribution is -0.138. The molecule has 0 aliphatic carbocycles. The van der Waals surface area contributed by atoms with Crippen LogP contribution in [0.5, 0.6) is 0 Å². The van der Waals surface area contributed by atoms with Crippen LogP contribution >= 0.6 is 0 Å². The summed E-state index contributed by atoms with van der Waals surface area (Å²) in [5.74, 6) is -0.982. The van der Waals surface area contributed by atoms with Crippen molar-refractivity contribution in [1.29, 1.82) is 0 Å². The van der Waals surface area contributed by atoms with E-state index in [1.165, 1.54) is 51.0 Å². The molecule has 0 aliphatic heterocycles. The topological polar surface area (TPSA) is 57.5 Å². The van der Waals surface area contributed by atoms with Gasteiger partial charge in [0.05, 0.1) is 12.5 Å². The zero-order valence-electron chi connectivity index (χ0n) is 12.1. The molecule has 0 saturated carbocycles. The third-order valence-corrected chi connectivity index (χ3v) is 2.94. The molecule has 1 atom stereocenters. The van der Waals surface area contributed by atoms with Gasteiger partial charge in [-0.15, -0.1) is 0 Å². The highest BCUT2D eigenvalue weighted by Gasteiger charge is 2.03. The molecule has 110 valence electrons. The van der Waals surface area contributed by atoms with Crippen molar-refractivity contribution in [3.8, 4) is 0 Å². The van der Waals surface area contributed by atoms with Crippen molar-refractivity contribution in [3.05, 3.63) is 24.3 Å². The van der Waals surface area contributed by atoms with Gasteiger partial charge in [0.15, 0.2) is 0 Å². The molecule has 0 saturated heterocycles. The summed E-state index contributed by atoms with van der Waals surface area (Å²) < 4.78 is 0. The maximum Gasteiger partial charge on any atom is 0.306 e. The highest BCUT2D eigenvalue weighted by Crippen LogP contribution is 2.08. The van der Waals surface area contributed by atoms with Crippen LogP contribution in [0.25, 0.3) is 0 Å². The second-order valence-electron chi connectivity index (χ2n) is 4.89. The van der Waals surface area contributed by atoms with E-state index in [1.54, 1.807) is 6.08 Å². The molecule has 0 aliphatic rings. The molecule has 0 spiro atoms. The molecule has 3 heteroatoms. The van der Waals surface area contributed by atoms with E-state index < -0.39 is 12.1 Å². The van der Waals surface area contributed by atoms with Crippen LogP contribution in [0.2, 0.25) is 0 Å². The van der Waals surface area contributed by atoms with E-state index in [4.69, 9.17) is 5.11 Å². The molecule has 0 rings (SSSR count). The van der Waals surface area contributed by atoms with Crippen LogP contribution in [0.3, 0.4) is 0 Å². The number of carboxylic acids is 1. The minimum Gasteiger partial charge on any atom is -0.481 e. The monoisotopic (exact) mass is 268 g/mol. The maximum atomic E-state index is 10.3. The fraction of sp³-hybridized carbons (Fsp3) is 0.688. The first kappa shape index (κ1) is 17.9. The highest BCUT2D eigenvalue weighted by atomic mass is 16.4. The van der Waals surface area contributed by atoms with E-state index >= 15 is 0 Å². The van der Waals surface area contributed by atoms with Crippen molar-refractivity contribution < 1.29 is 15.0 Å². The van der Waals surface area contributed by atoms with Gasteiger partial charge in [0.1, 0.15) is 0 Å². The Balaban J connectivity index is 3.38. The second kappa shape index (κ2) is 13.3. The zero-order valence-corrected chi connectivity index (χ0v) is 12.1. The van der Waals surface area contributed by atoms with Crippen molar-refractivity contribution in [2.24, 2.45) is 0 Å². The van der Waals surface area contributed by atoms with Crippen molar-refractivity contribution in [1.82, 2.24) is 0 Å². The maximum absolute atomic E-state index is 10.3. The third-order valence-electron chi connectivity index (χ3n) is 2.94. The largest absolute Gasteiger partial charge is 0.481 e. The van der Waals surface area contributed by atoms with Gasteiger partial charge in [-0.3, -0.25) is 4.79 Å². The van der Waals surface area contributed by atoms with E-state index in [1.807, 2.05) is 6.08 Å². The summed E-state index contributed by atoms with van der Waals surface area (Å²) in [4.78, 5) is 10.3. The Morgan fingerprint density at radius 3 is 2.32 bits per heavy atom. The smallest absolute Gasteiger partial charge is 0.306 e. The molecule has 19 heavy (non-hydrogen) atoms. The Kier molecular flexibility index (Phi) is 12.6. The number of hydrogen-bond donors (Lipinski definition) is 2. The van der Waals surface area contributed by atoms with Gasteiger partial charge in [-0.1, -0.05) is 69.8 Å². The molecule has 0 amide bonds. The van der Waals surface area contributed by atoms with Gasteiger partial charge in [-0.05, 0) is 12.8 Å². The molecule has 0 aromatic rings. The van der Waals surface area contributed by atoms with E-state index in [0.29, 0.717) is 0 Å². The predicted octanol–water partition coefficient (Wildman–Crippen LogP) is 4.08. The number of hydrogen-bond acceptors (Lipinski definition) is 2. The van der Waals surface area contributed by atoms with Crippen LogP contribution in [0.4, 0.5) is 0 Å². The number of aliphatic hydroxyl groups is 1. The van der Waals surface area contributed by atoms with Crippen molar-refractivity contribution in [2.75, 3.05) is 0 Å². The second-order valence-corrected chi connectivity index (χ2v) is 4.89. The summed E-state index contributed by atoms with van der Waals surface area (Å²) in [6, 6.07) is 0. The lowest BCUT2D eigenvalue weighted by atomic mass is 10.1. The van der Waals surface area contributed by atoms with Gasteiger partial charge in [-0.2, -0.15) is 0 Å². The Hall–Kier alpha value is -1.09. The summed E-state index contributed by atoms with van der Waals surface area (Å²) in [5.41, 5.74) is 0. The third kappa shape index (κ3) is 14.9. The molecule has 0 bridgehead atoms. The summed E-state index contributed by atoms with van der Waals surface area (Å²) in [5, 5.41) is 17.7. The van der Waals surface area contributed by atoms with Gasteiger partial charge in [0.2, 0.25) is 0 Å². The molecule has 0 heterocycles. The lowest BCUT2D eigenvalue weighted by Gasteiger charge is -1.99. The fourth-order valence-corrected chi connectivity index (χ4v) is 1.83. The number of rotatable bonds is 12. The zero-order chi connectivity index (χ0) is 14.3. The first-order valence-electron chi connectivity index (χ1n) is 7.40. The van der Waals surface area contributed by atoms with E-state index in [9.17, 15) is 9.90 Å². The molecule has 1 unspecified atom stereocenters. The van der Waals surface area contributed by atoms with Crippen molar-refractivity contribution >= 4 is 5.97 Å². The highest BCUT2D eigenvalue weighted by molar-refractivity contribution is 5.67. The number of aliphatic hydroxyl groups excluding tert-OH is 1. The fourth-order valence-electron chi connectivity index (χ4n) is 1.83. The SMILES string of the molecule is CCCCCCCCC/C=C\C=C\C(O)CC(=O)O. The molecular weight excluding hydrogens is 240 g/mol. The number of unbranched alkanes of at least 4 members (excludes halogenated alkanes) is 7. The molecule has 3 nitrogen and oxygen atoms in total. The number of allylic oxidation sites excluding steroid dienone is 3. The van der Waals surface area contributed by atoms with Gasteiger partial charge >= 0.3 is 5.97 Å². The summed E-state index contributed by atoms with van der Waals surface area (Å²) >= 11 is 0. The van der Waals surface area contributed by atoms with Crippen LogP contribution < -0.4 is 0 Å². The average molecular weight is 268 g/mol. The van der Waals surface area contributed by atoms with Crippen molar-refractivity contribution in [2.45, 2.75) is 70.8 Å².